The van der Waals surface area contributed by atoms with Crippen molar-refractivity contribution in [1.29, 1.82) is 0 Å². The van der Waals surface area contributed by atoms with Gasteiger partial charge in [-0.3, -0.25) is 9.36 Å². The van der Waals surface area contributed by atoms with Gasteiger partial charge in [0, 0.05) is 15.6 Å². The van der Waals surface area contributed by atoms with Gasteiger partial charge in [0.1, 0.15) is 11.5 Å². The second-order valence-electron chi connectivity index (χ2n) is 10.5. The number of nitrogens with zero attached hydrogens (tertiary/aromatic N) is 2. The Morgan fingerprint density at radius 1 is 1.00 bits per heavy atom. The fourth-order valence-electron chi connectivity index (χ4n) is 4.89. The highest BCUT2D eigenvalue weighted by Crippen LogP contribution is 2.36. The molecule has 0 saturated carbocycles. The third kappa shape index (κ3) is 6.68. The number of esters is 1. The molecule has 5 rings (SSSR count). The number of thiazole rings is 1. The van der Waals surface area contributed by atoms with Crippen LogP contribution in [0.15, 0.2) is 92.6 Å². The standard InChI is InChI=1S/C34H33BrN2O5S/c1-6-40-33(39)29-30(22-10-8-7-9-11-22)36-34-37(31(29)23-12-15-26(16-13-23)41-20(2)3)32(38)28(43-34)19-24-18-25(35)14-17-27(24)42-21(4)5/h7-21,31H,6H2,1-5H3/b28-19-/t31-/m1/s1. The molecule has 1 aliphatic heterocycles. The molecule has 0 bridgehead atoms. The minimum absolute atomic E-state index is 0.00536. The van der Waals surface area contributed by atoms with Crippen molar-refractivity contribution >= 4 is 45.0 Å². The average Bonchev–Trinajstić information content (AvgIpc) is 3.28. The number of rotatable bonds is 9. The van der Waals surface area contributed by atoms with Crippen molar-refractivity contribution in [2.75, 3.05) is 6.61 Å². The van der Waals surface area contributed by atoms with E-state index in [9.17, 15) is 9.59 Å². The van der Waals surface area contributed by atoms with Crippen molar-refractivity contribution in [2.24, 2.45) is 4.99 Å². The quantitative estimate of drug-likeness (QED) is 0.198. The van der Waals surface area contributed by atoms with E-state index in [2.05, 4.69) is 15.9 Å². The number of benzene rings is 3. The fraction of sp³-hybridized carbons (Fsp3) is 0.265. The lowest BCUT2D eigenvalue weighted by Gasteiger charge is -2.26. The number of fused-ring (bicyclic) bond motifs is 1. The number of aromatic nitrogens is 1. The Morgan fingerprint density at radius 2 is 1.70 bits per heavy atom. The monoisotopic (exact) mass is 660 g/mol. The van der Waals surface area contributed by atoms with Crippen LogP contribution in [0.3, 0.4) is 0 Å². The van der Waals surface area contributed by atoms with Gasteiger partial charge >= 0.3 is 5.97 Å². The van der Waals surface area contributed by atoms with Gasteiger partial charge in [-0.2, -0.15) is 0 Å². The molecule has 4 aromatic rings. The highest BCUT2D eigenvalue weighted by molar-refractivity contribution is 9.10. The van der Waals surface area contributed by atoms with Crippen molar-refractivity contribution in [3.05, 3.63) is 119 Å². The predicted molar refractivity (Wildman–Crippen MR) is 173 cm³/mol. The van der Waals surface area contributed by atoms with Crippen molar-refractivity contribution in [2.45, 2.75) is 52.9 Å². The molecular weight excluding hydrogens is 628 g/mol. The maximum atomic E-state index is 14.2. The maximum absolute atomic E-state index is 14.2. The van der Waals surface area contributed by atoms with Gasteiger partial charge in [-0.05, 0) is 76.6 Å². The molecule has 7 nitrogen and oxygen atoms in total. The smallest absolute Gasteiger partial charge is 0.338 e. The van der Waals surface area contributed by atoms with E-state index >= 15 is 0 Å². The van der Waals surface area contributed by atoms with Gasteiger partial charge in [0.15, 0.2) is 4.80 Å². The van der Waals surface area contributed by atoms with Crippen molar-refractivity contribution < 1.29 is 19.0 Å². The average molecular weight is 662 g/mol. The van der Waals surface area contributed by atoms with Gasteiger partial charge < -0.3 is 14.2 Å². The van der Waals surface area contributed by atoms with Gasteiger partial charge in [-0.15, -0.1) is 0 Å². The lowest BCUT2D eigenvalue weighted by molar-refractivity contribution is -0.138. The Bertz CT molecular complexity index is 1840. The van der Waals surface area contributed by atoms with Crippen LogP contribution in [0.2, 0.25) is 0 Å². The second-order valence-corrected chi connectivity index (χ2v) is 12.4. The van der Waals surface area contributed by atoms with Crippen LogP contribution >= 0.6 is 27.3 Å². The van der Waals surface area contributed by atoms with E-state index in [4.69, 9.17) is 19.2 Å². The number of carbonyl (C=O) groups is 1. The summed E-state index contributed by atoms with van der Waals surface area (Å²) < 4.78 is 20.4. The lowest BCUT2D eigenvalue weighted by Crippen LogP contribution is -2.40. The zero-order valence-corrected chi connectivity index (χ0v) is 27.1. The van der Waals surface area contributed by atoms with Crippen LogP contribution < -0.4 is 24.4 Å². The highest BCUT2D eigenvalue weighted by atomic mass is 79.9. The molecule has 0 amide bonds. The molecule has 0 spiro atoms. The molecule has 0 saturated heterocycles. The Balaban J connectivity index is 1.79. The summed E-state index contributed by atoms with van der Waals surface area (Å²) in [5.41, 5.74) is 2.77. The van der Waals surface area contributed by atoms with Gasteiger partial charge in [-0.25, -0.2) is 9.79 Å². The van der Waals surface area contributed by atoms with Gasteiger partial charge in [0.2, 0.25) is 0 Å². The summed E-state index contributed by atoms with van der Waals surface area (Å²) in [5.74, 6) is 0.841. The second kappa shape index (κ2) is 13.1. The third-order valence-corrected chi connectivity index (χ3v) is 8.04. The zero-order chi connectivity index (χ0) is 30.7. The minimum Gasteiger partial charge on any atom is -0.491 e. The minimum atomic E-state index is -0.769. The largest absolute Gasteiger partial charge is 0.491 e. The van der Waals surface area contributed by atoms with E-state index < -0.39 is 12.0 Å². The van der Waals surface area contributed by atoms with E-state index in [1.54, 1.807) is 11.5 Å². The maximum Gasteiger partial charge on any atom is 0.338 e. The highest BCUT2D eigenvalue weighted by Gasteiger charge is 2.35. The first kappa shape index (κ1) is 30.5. The summed E-state index contributed by atoms with van der Waals surface area (Å²) in [5, 5.41) is 0. The molecule has 2 heterocycles. The summed E-state index contributed by atoms with van der Waals surface area (Å²) in [6, 6.07) is 21.9. The molecule has 9 heteroatoms. The Hall–Kier alpha value is -3.95. The Kier molecular flexibility index (Phi) is 9.32. The van der Waals surface area contributed by atoms with Crippen LogP contribution in [0, 0.1) is 0 Å². The van der Waals surface area contributed by atoms with Crippen LogP contribution in [-0.2, 0) is 9.53 Å². The first-order chi connectivity index (χ1) is 20.7. The van der Waals surface area contributed by atoms with Crippen LogP contribution in [0.1, 0.15) is 57.4 Å². The normalized spacial score (nSPS) is 15.0. The molecule has 43 heavy (non-hydrogen) atoms. The van der Waals surface area contributed by atoms with E-state index in [0.717, 1.165) is 21.2 Å². The van der Waals surface area contributed by atoms with Crippen LogP contribution in [0.5, 0.6) is 11.5 Å². The van der Waals surface area contributed by atoms with Crippen molar-refractivity contribution in [1.82, 2.24) is 4.57 Å². The number of halogens is 1. The van der Waals surface area contributed by atoms with Gasteiger partial charge in [0.25, 0.3) is 5.56 Å². The lowest BCUT2D eigenvalue weighted by atomic mass is 9.93. The van der Waals surface area contributed by atoms with Crippen molar-refractivity contribution in [3.8, 4) is 11.5 Å². The first-order valence-electron chi connectivity index (χ1n) is 14.2. The number of carbonyl (C=O) groups excluding carboxylic acids is 1. The van der Waals surface area contributed by atoms with Gasteiger partial charge in [-0.1, -0.05) is 69.7 Å². The molecule has 3 aromatic carbocycles. The van der Waals surface area contributed by atoms with Gasteiger partial charge in [0.05, 0.1) is 40.7 Å². The third-order valence-electron chi connectivity index (χ3n) is 6.56. The first-order valence-corrected chi connectivity index (χ1v) is 15.8. The summed E-state index contributed by atoms with van der Waals surface area (Å²) in [7, 11) is 0. The molecule has 0 N–H and O–H groups in total. The topological polar surface area (TPSA) is 79.1 Å². The van der Waals surface area contributed by atoms with Crippen LogP contribution in [-0.4, -0.2) is 29.4 Å². The van der Waals surface area contributed by atoms with Crippen molar-refractivity contribution in [3.63, 3.8) is 0 Å². The molecule has 1 aromatic heterocycles. The molecule has 1 aliphatic rings. The van der Waals surface area contributed by atoms with Crippen LogP contribution in [0.4, 0.5) is 0 Å². The molecule has 1 atom stereocenters. The zero-order valence-electron chi connectivity index (χ0n) is 24.7. The molecule has 0 aliphatic carbocycles. The summed E-state index contributed by atoms with van der Waals surface area (Å²) in [6.07, 6.45) is 1.78. The summed E-state index contributed by atoms with van der Waals surface area (Å²) in [4.78, 5) is 33.3. The predicted octanol–water partition coefficient (Wildman–Crippen LogP) is 6.27. The number of hydrogen-bond acceptors (Lipinski definition) is 7. The van der Waals surface area contributed by atoms with Crippen LogP contribution in [0.25, 0.3) is 11.8 Å². The molecule has 222 valence electrons. The molecule has 0 unspecified atom stereocenters. The molecular formula is C34H33BrN2O5S. The SMILES string of the molecule is CCOC(=O)C1=C(c2ccccc2)N=c2s/c(=C\c3cc(Br)ccc3OC(C)C)c(=O)n2[C@@H]1c1ccc(OC(C)C)cc1. The number of hydrogen-bond donors (Lipinski definition) is 0. The summed E-state index contributed by atoms with van der Waals surface area (Å²) >= 11 is 4.81. The van der Waals surface area contributed by atoms with E-state index in [-0.39, 0.29) is 24.4 Å². The van der Waals surface area contributed by atoms with E-state index in [1.165, 1.54) is 11.3 Å². The fourth-order valence-corrected chi connectivity index (χ4v) is 6.26. The van der Waals surface area contributed by atoms with E-state index in [1.807, 2.05) is 107 Å². The Morgan fingerprint density at radius 3 is 2.35 bits per heavy atom. The molecule has 0 fully saturated rings. The number of ether oxygens (including phenoxy) is 3. The Labute approximate surface area is 262 Å². The molecule has 0 radical (unpaired) electrons. The van der Waals surface area contributed by atoms with E-state index in [0.29, 0.717) is 32.1 Å². The summed E-state index contributed by atoms with van der Waals surface area (Å²) in [6.45, 7) is 9.78.